The van der Waals surface area contributed by atoms with Crippen LogP contribution in [-0.2, 0) is 16.1 Å². The maximum absolute atomic E-state index is 12.5. The van der Waals surface area contributed by atoms with Crippen molar-refractivity contribution in [2.24, 2.45) is 0 Å². The van der Waals surface area contributed by atoms with E-state index in [9.17, 15) is 9.59 Å². The lowest BCUT2D eigenvalue weighted by molar-refractivity contribution is -0.126. The van der Waals surface area contributed by atoms with Gasteiger partial charge in [-0.1, -0.05) is 24.3 Å². The standard InChI is InChI=1S/C17H17N3O3/c1-23-17-11(5-4-8-18-17)10-19-16(22)13-9-15(21)20-14-7-3-2-6-12(13)14/h2-8,13H,9-10H2,1H3,(H,19,22)(H,20,21)/t13-/m1/s1. The van der Waals surface area contributed by atoms with Gasteiger partial charge < -0.3 is 15.4 Å². The Bertz CT molecular complexity index is 745. The van der Waals surface area contributed by atoms with Gasteiger partial charge in [-0.25, -0.2) is 4.98 Å². The molecule has 0 saturated heterocycles. The quantitative estimate of drug-likeness (QED) is 0.903. The van der Waals surface area contributed by atoms with E-state index in [1.54, 1.807) is 18.3 Å². The maximum atomic E-state index is 12.5. The first-order valence-electron chi connectivity index (χ1n) is 7.33. The number of nitrogens with one attached hydrogen (secondary N) is 2. The van der Waals surface area contributed by atoms with Crippen LogP contribution in [0, 0.1) is 0 Å². The number of para-hydroxylation sites is 1. The number of amides is 2. The zero-order valence-corrected chi connectivity index (χ0v) is 12.7. The number of pyridine rings is 1. The van der Waals surface area contributed by atoms with Crippen LogP contribution in [0.4, 0.5) is 5.69 Å². The predicted octanol–water partition coefficient (Wildman–Crippen LogP) is 1.83. The molecule has 0 unspecified atom stereocenters. The Labute approximate surface area is 133 Å². The average molecular weight is 311 g/mol. The van der Waals surface area contributed by atoms with E-state index in [0.717, 1.165) is 11.1 Å². The third kappa shape index (κ3) is 3.15. The fourth-order valence-electron chi connectivity index (χ4n) is 2.69. The topological polar surface area (TPSA) is 80.3 Å². The highest BCUT2D eigenvalue weighted by molar-refractivity contribution is 6.01. The third-order valence-corrected chi connectivity index (χ3v) is 3.81. The molecule has 0 spiro atoms. The molecule has 1 aliphatic heterocycles. The molecule has 0 fully saturated rings. The molecule has 1 atom stereocenters. The first-order valence-corrected chi connectivity index (χ1v) is 7.33. The number of nitrogens with zero attached hydrogens (tertiary/aromatic N) is 1. The van der Waals surface area contributed by atoms with Gasteiger partial charge in [-0.2, -0.15) is 0 Å². The van der Waals surface area contributed by atoms with E-state index >= 15 is 0 Å². The number of aromatic nitrogens is 1. The Hall–Kier alpha value is -2.89. The van der Waals surface area contributed by atoms with Gasteiger partial charge in [0.2, 0.25) is 17.7 Å². The summed E-state index contributed by atoms with van der Waals surface area (Å²) in [6.07, 6.45) is 1.78. The summed E-state index contributed by atoms with van der Waals surface area (Å²) in [6.45, 7) is 0.302. The number of hydrogen-bond acceptors (Lipinski definition) is 4. The number of fused-ring (bicyclic) bond motifs is 1. The summed E-state index contributed by atoms with van der Waals surface area (Å²) in [5, 5.41) is 5.65. The van der Waals surface area contributed by atoms with Gasteiger partial charge in [0.1, 0.15) is 0 Å². The molecule has 1 aliphatic rings. The van der Waals surface area contributed by atoms with Gasteiger partial charge in [-0.15, -0.1) is 0 Å². The second-order valence-corrected chi connectivity index (χ2v) is 5.28. The molecule has 3 rings (SSSR count). The van der Waals surface area contributed by atoms with Gasteiger partial charge in [0, 0.05) is 30.4 Å². The second-order valence-electron chi connectivity index (χ2n) is 5.28. The predicted molar refractivity (Wildman–Crippen MR) is 85.1 cm³/mol. The molecule has 1 aromatic heterocycles. The van der Waals surface area contributed by atoms with E-state index < -0.39 is 5.92 Å². The van der Waals surface area contributed by atoms with E-state index in [0.29, 0.717) is 18.1 Å². The lowest BCUT2D eigenvalue weighted by Crippen LogP contribution is -2.34. The van der Waals surface area contributed by atoms with Crippen molar-refractivity contribution < 1.29 is 14.3 Å². The first kappa shape index (κ1) is 15.0. The zero-order chi connectivity index (χ0) is 16.2. The number of benzene rings is 1. The monoisotopic (exact) mass is 311 g/mol. The minimum atomic E-state index is -0.484. The molecule has 6 nitrogen and oxygen atoms in total. The van der Waals surface area contributed by atoms with E-state index in [1.807, 2.05) is 24.3 Å². The highest BCUT2D eigenvalue weighted by Gasteiger charge is 2.30. The van der Waals surface area contributed by atoms with Gasteiger partial charge in [0.05, 0.1) is 13.0 Å². The highest BCUT2D eigenvalue weighted by atomic mass is 16.5. The molecule has 0 saturated carbocycles. The van der Waals surface area contributed by atoms with Crippen LogP contribution in [-0.4, -0.2) is 23.9 Å². The van der Waals surface area contributed by atoms with Crippen LogP contribution in [0.5, 0.6) is 5.88 Å². The van der Waals surface area contributed by atoms with E-state index in [2.05, 4.69) is 15.6 Å². The minimum Gasteiger partial charge on any atom is -0.481 e. The smallest absolute Gasteiger partial charge is 0.228 e. The zero-order valence-electron chi connectivity index (χ0n) is 12.7. The first-order chi connectivity index (χ1) is 11.2. The van der Waals surface area contributed by atoms with Crippen LogP contribution >= 0.6 is 0 Å². The summed E-state index contributed by atoms with van der Waals surface area (Å²) in [5.41, 5.74) is 2.32. The normalized spacial score (nSPS) is 16.2. The molecule has 1 aromatic carbocycles. The summed E-state index contributed by atoms with van der Waals surface area (Å²) in [4.78, 5) is 28.4. The summed E-state index contributed by atoms with van der Waals surface area (Å²) >= 11 is 0. The number of rotatable bonds is 4. The number of carbonyl (C=O) groups is 2. The molecule has 0 bridgehead atoms. The minimum absolute atomic E-state index is 0.146. The van der Waals surface area contributed by atoms with Gasteiger partial charge >= 0.3 is 0 Å². The van der Waals surface area contributed by atoms with Crippen molar-refractivity contribution in [2.45, 2.75) is 18.9 Å². The molecule has 2 aromatic rings. The SMILES string of the molecule is COc1ncccc1CNC(=O)[C@@H]1CC(=O)Nc2ccccc21. The van der Waals surface area contributed by atoms with Crippen molar-refractivity contribution in [3.8, 4) is 5.88 Å². The molecule has 2 N–H and O–H groups in total. The molecule has 118 valence electrons. The average Bonchev–Trinajstić information content (AvgIpc) is 2.59. The van der Waals surface area contributed by atoms with Crippen molar-refractivity contribution in [2.75, 3.05) is 12.4 Å². The molecular formula is C17H17N3O3. The van der Waals surface area contributed by atoms with E-state index in [4.69, 9.17) is 4.74 Å². The fraction of sp³-hybridized carbons (Fsp3) is 0.235. The fourth-order valence-corrected chi connectivity index (χ4v) is 2.69. The Morgan fingerprint density at radius 3 is 3.00 bits per heavy atom. The number of anilines is 1. The van der Waals surface area contributed by atoms with Crippen molar-refractivity contribution in [1.29, 1.82) is 0 Å². The van der Waals surface area contributed by atoms with Gasteiger partial charge in [-0.3, -0.25) is 9.59 Å². The molecular weight excluding hydrogens is 294 g/mol. The Morgan fingerprint density at radius 1 is 1.35 bits per heavy atom. The van der Waals surface area contributed by atoms with Gasteiger partial charge in [0.15, 0.2) is 0 Å². The summed E-state index contributed by atoms with van der Waals surface area (Å²) in [7, 11) is 1.54. The summed E-state index contributed by atoms with van der Waals surface area (Å²) in [5.74, 6) is -0.335. The molecule has 6 heteroatoms. The Morgan fingerprint density at radius 2 is 2.17 bits per heavy atom. The van der Waals surface area contributed by atoms with Crippen LogP contribution in [0.1, 0.15) is 23.5 Å². The van der Waals surface area contributed by atoms with Crippen LogP contribution in [0.2, 0.25) is 0 Å². The third-order valence-electron chi connectivity index (χ3n) is 3.81. The Kier molecular flexibility index (Phi) is 4.23. The number of carbonyl (C=O) groups excluding carboxylic acids is 2. The van der Waals surface area contributed by atoms with Crippen LogP contribution in [0.15, 0.2) is 42.6 Å². The summed E-state index contributed by atoms with van der Waals surface area (Å²) in [6, 6.07) is 11.0. The molecule has 2 amide bonds. The van der Waals surface area contributed by atoms with E-state index in [1.165, 1.54) is 7.11 Å². The number of methoxy groups -OCH3 is 1. The molecule has 0 aliphatic carbocycles. The van der Waals surface area contributed by atoms with Gasteiger partial charge in [-0.05, 0) is 17.7 Å². The number of ether oxygens (including phenoxy) is 1. The second kappa shape index (κ2) is 6.48. The van der Waals surface area contributed by atoms with Crippen molar-refractivity contribution in [3.05, 3.63) is 53.7 Å². The maximum Gasteiger partial charge on any atom is 0.228 e. The van der Waals surface area contributed by atoms with Crippen LogP contribution in [0.25, 0.3) is 0 Å². The van der Waals surface area contributed by atoms with Crippen LogP contribution in [0.3, 0.4) is 0 Å². The number of hydrogen-bond donors (Lipinski definition) is 2. The molecule has 0 radical (unpaired) electrons. The summed E-state index contributed by atoms with van der Waals surface area (Å²) < 4.78 is 5.17. The largest absolute Gasteiger partial charge is 0.481 e. The lowest BCUT2D eigenvalue weighted by atomic mass is 9.90. The Balaban J connectivity index is 1.75. The van der Waals surface area contributed by atoms with Gasteiger partial charge in [0.25, 0.3) is 0 Å². The molecule has 23 heavy (non-hydrogen) atoms. The van der Waals surface area contributed by atoms with Crippen molar-refractivity contribution in [3.63, 3.8) is 0 Å². The molecule has 2 heterocycles. The highest BCUT2D eigenvalue weighted by Crippen LogP contribution is 2.32. The van der Waals surface area contributed by atoms with E-state index in [-0.39, 0.29) is 18.2 Å². The lowest BCUT2D eigenvalue weighted by Gasteiger charge is -2.24. The van der Waals surface area contributed by atoms with Crippen molar-refractivity contribution >= 4 is 17.5 Å². The van der Waals surface area contributed by atoms with Crippen molar-refractivity contribution in [1.82, 2.24) is 10.3 Å². The van der Waals surface area contributed by atoms with Crippen LogP contribution < -0.4 is 15.4 Å².